The Balaban J connectivity index is 1.78. The molecule has 0 aliphatic carbocycles. The Morgan fingerprint density at radius 2 is 1.94 bits per heavy atom. The second kappa shape index (κ2) is 4.02. The van der Waals surface area contributed by atoms with Gasteiger partial charge in [-0.2, -0.15) is 0 Å². The van der Waals surface area contributed by atoms with E-state index >= 15 is 0 Å². The molecule has 0 saturated carbocycles. The monoisotopic (exact) mass is 215 g/mol. The van der Waals surface area contributed by atoms with Crippen LogP contribution in [-0.2, 0) is 11.3 Å². The Morgan fingerprint density at radius 3 is 2.75 bits per heavy atom. The van der Waals surface area contributed by atoms with E-state index in [1.165, 1.54) is 12.0 Å². The Hall–Kier alpha value is -1.15. The predicted molar refractivity (Wildman–Crippen MR) is 63.0 cm³/mol. The number of nitrogens with zero attached hydrogens (tertiary/aromatic N) is 1. The maximum Gasteiger partial charge on any atom is 0.150 e. The number of hydrogen-bond donors (Lipinski definition) is 0. The van der Waals surface area contributed by atoms with Crippen LogP contribution >= 0.6 is 0 Å². The van der Waals surface area contributed by atoms with E-state index in [-0.39, 0.29) is 6.04 Å². The summed E-state index contributed by atoms with van der Waals surface area (Å²) in [5, 5.41) is 0. The van der Waals surface area contributed by atoms with Gasteiger partial charge >= 0.3 is 0 Å². The van der Waals surface area contributed by atoms with Crippen LogP contribution in [0.4, 0.5) is 0 Å². The summed E-state index contributed by atoms with van der Waals surface area (Å²) in [6.07, 6.45) is 4.17. The maximum absolute atomic E-state index is 11.8. The van der Waals surface area contributed by atoms with E-state index in [0.29, 0.717) is 11.8 Å². The van der Waals surface area contributed by atoms with Crippen molar-refractivity contribution < 1.29 is 4.79 Å². The van der Waals surface area contributed by atoms with Gasteiger partial charge in [-0.1, -0.05) is 30.3 Å². The van der Waals surface area contributed by atoms with Gasteiger partial charge in [-0.15, -0.1) is 0 Å². The molecule has 3 rings (SSSR count). The van der Waals surface area contributed by atoms with Crippen molar-refractivity contribution in [2.75, 3.05) is 0 Å². The molecule has 2 nitrogen and oxygen atoms in total. The van der Waals surface area contributed by atoms with Crippen LogP contribution in [0.2, 0.25) is 0 Å². The van der Waals surface area contributed by atoms with Gasteiger partial charge in [0.15, 0.2) is 0 Å². The number of hydrogen-bond acceptors (Lipinski definition) is 2. The third-order valence-corrected chi connectivity index (χ3v) is 3.95. The number of carbonyl (C=O) groups excluding carboxylic acids is 1. The minimum absolute atomic E-state index is 0.221. The smallest absolute Gasteiger partial charge is 0.150 e. The highest BCUT2D eigenvalue weighted by Crippen LogP contribution is 2.34. The topological polar surface area (TPSA) is 20.3 Å². The Labute approximate surface area is 96.3 Å². The van der Waals surface area contributed by atoms with Gasteiger partial charge in [-0.25, -0.2) is 0 Å². The van der Waals surface area contributed by atoms with Gasteiger partial charge in [0.05, 0.1) is 6.04 Å². The zero-order valence-corrected chi connectivity index (χ0v) is 9.43. The van der Waals surface area contributed by atoms with Crippen molar-refractivity contribution in [2.45, 2.75) is 44.3 Å². The number of ketones is 1. The van der Waals surface area contributed by atoms with Crippen LogP contribution < -0.4 is 0 Å². The van der Waals surface area contributed by atoms with E-state index in [1.54, 1.807) is 0 Å². The van der Waals surface area contributed by atoms with Gasteiger partial charge in [0, 0.05) is 19.0 Å². The Kier molecular flexibility index (Phi) is 2.52. The van der Waals surface area contributed by atoms with Gasteiger partial charge in [-0.05, 0) is 24.8 Å². The molecule has 2 aliphatic heterocycles. The molecule has 16 heavy (non-hydrogen) atoms. The highest BCUT2D eigenvalue weighted by Gasteiger charge is 2.41. The first-order valence-corrected chi connectivity index (χ1v) is 6.17. The summed E-state index contributed by atoms with van der Waals surface area (Å²) in [5.41, 5.74) is 1.33. The number of fused-ring (bicyclic) bond motifs is 2. The summed E-state index contributed by atoms with van der Waals surface area (Å²) in [5.74, 6) is 0.463. The summed E-state index contributed by atoms with van der Waals surface area (Å²) < 4.78 is 0. The van der Waals surface area contributed by atoms with Crippen LogP contribution in [0.25, 0.3) is 0 Å². The minimum Gasteiger partial charge on any atom is -0.298 e. The molecule has 1 aromatic rings. The van der Waals surface area contributed by atoms with Crippen LogP contribution in [0, 0.1) is 0 Å². The van der Waals surface area contributed by atoms with E-state index in [9.17, 15) is 4.79 Å². The molecule has 2 heteroatoms. The van der Waals surface area contributed by atoms with Gasteiger partial charge < -0.3 is 0 Å². The third-order valence-electron chi connectivity index (χ3n) is 3.95. The second-order valence-corrected chi connectivity index (χ2v) is 4.91. The van der Waals surface area contributed by atoms with Gasteiger partial charge in [-0.3, -0.25) is 9.69 Å². The van der Waals surface area contributed by atoms with E-state index < -0.39 is 0 Å². The lowest BCUT2D eigenvalue weighted by molar-refractivity contribution is -0.126. The average Bonchev–Trinajstić information content (AvgIpc) is 2.60. The molecule has 0 N–H and O–H groups in total. The molecule has 0 aromatic heterocycles. The molecule has 84 valence electrons. The lowest BCUT2D eigenvalue weighted by Gasteiger charge is -2.33. The van der Waals surface area contributed by atoms with Gasteiger partial charge in [0.2, 0.25) is 0 Å². The van der Waals surface area contributed by atoms with Crippen molar-refractivity contribution in [2.24, 2.45) is 0 Å². The van der Waals surface area contributed by atoms with E-state index in [1.807, 2.05) is 6.07 Å². The van der Waals surface area contributed by atoms with Crippen LogP contribution in [0.15, 0.2) is 30.3 Å². The largest absolute Gasteiger partial charge is 0.298 e. The van der Waals surface area contributed by atoms with Crippen molar-refractivity contribution >= 4 is 5.78 Å². The molecule has 1 aromatic carbocycles. The molecule has 2 aliphatic rings. The van der Waals surface area contributed by atoms with Gasteiger partial charge in [0.1, 0.15) is 5.78 Å². The Morgan fingerprint density at radius 1 is 1.12 bits per heavy atom. The highest BCUT2D eigenvalue weighted by molar-refractivity contribution is 5.85. The molecule has 2 bridgehead atoms. The normalized spacial score (nSPS) is 29.6. The fourth-order valence-electron chi connectivity index (χ4n) is 3.10. The molecule has 2 fully saturated rings. The van der Waals surface area contributed by atoms with Crippen LogP contribution in [0.3, 0.4) is 0 Å². The van der Waals surface area contributed by atoms with Crippen molar-refractivity contribution in [3.05, 3.63) is 35.9 Å². The second-order valence-electron chi connectivity index (χ2n) is 4.91. The third kappa shape index (κ3) is 1.67. The molecule has 2 saturated heterocycles. The van der Waals surface area contributed by atoms with E-state index in [4.69, 9.17) is 0 Å². The standard InChI is InChI=1S/C14H17NO/c16-14-9-7-12-6-8-13(14)15(12)10-11-4-2-1-3-5-11/h1-5,12-13H,6-10H2. The fraction of sp³-hybridized carbons (Fsp3) is 0.500. The number of piperidine rings is 1. The molecule has 2 atom stereocenters. The van der Waals surface area contributed by atoms with Crippen molar-refractivity contribution in [1.29, 1.82) is 0 Å². The molecular weight excluding hydrogens is 198 g/mol. The summed E-state index contributed by atoms with van der Waals surface area (Å²) in [4.78, 5) is 14.2. The zero-order valence-electron chi connectivity index (χ0n) is 9.43. The number of carbonyl (C=O) groups is 1. The molecule has 0 spiro atoms. The summed E-state index contributed by atoms with van der Waals surface area (Å²) in [6, 6.07) is 11.4. The first-order chi connectivity index (χ1) is 7.84. The predicted octanol–water partition coefficient (Wildman–Crippen LogP) is 2.38. The van der Waals surface area contributed by atoms with Crippen LogP contribution in [0.5, 0.6) is 0 Å². The van der Waals surface area contributed by atoms with Gasteiger partial charge in [0.25, 0.3) is 0 Å². The first kappa shape index (κ1) is 10.0. The van der Waals surface area contributed by atoms with E-state index in [2.05, 4.69) is 29.2 Å². The lowest BCUT2D eigenvalue weighted by atomic mass is 10.0. The number of rotatable bonds is 2. The maximum atomic E-state index is 11.8. The summed E-state index contributed by atoms with van der Waals surface area (Å²) in [7, 11) is 0. The fourth-order valence-corrected chi connectivity index (χ4v) is 3.10. The Bertz CT molecular complexity index is 387. The highest BCUT2D eigenvalue weighted by atomic mass is 16.1. The number of benzene rings is 1. The number of Topliss-reactive ketones (excluding diaryl/α,β-unsaturated/α-hetero) is 1. The summed E-state index contributed by atoms with van der Waals surface area (Å²) in [6.45, 7) is 0.946. The SMILES string of the molecule is O=C1CCC2CCC1N2Cc1ccccc1. The van der Waals surface area contributed by atoms with Crippen molar-refractivity contribution in [1.82, 2.24) is 4.90 Å². The van der Waals surface area contributed by atoms with Crippen molar-refractivity contribution in [3.63, 3.8) is 0 Å². The van der Waals surface area contributed by atoms with Crippen LogP contribution in [-0.4, -0.2) is 22.8 Å². The van der Waals surface area contributed by atoms with Crippen molar-refractivity contribution in [3.8, 4) is 0 Å². The van der Waals surface area contributed by atoms with Crippen LogP contribution in [0.1, 0.15) is 31.2 Å². The minimum atomic E-state index is 0.221. The quantitative estimate of drug-likeness (QED) is 0.755. The first-order valence-electron chi connectivity index (χ1n) is 6.17. The summed E-state index contributed by atoms with van der Waals surface area (Å²) >= 11 is 0. The molecule has 0 amide bonds. The zero-order chi connectivity index (χ0) is 11.0. The van der Waals surface area contributed by atoms with E-state index in [0.717, 1.165) is 25.8 Å². The molecule has 2 unspecified atom stereocenters. The lowest BCUT2D eigenvalue weighted by Crippen LogP contribution is -2.44. The molecule has 0 radical (unpaired) electrons. The molecular formula is C14H17NO. The average molecular weight is 215 g/mol. The molecule has 2 heterocycles.